The second-order valence-corrected chi connectivity index (χ2v) is 6.54. The van der Waals surface area contributed by atoms with E-state index in [4.69, 9.17) is 9.47 Å². The number of ether oxygens (including phenoxy) is 2. The van der Waals surface area contributed by atoms with Crippen molar-refractivity contribution in [1.82, 2.24) is 0 Å². The molecule has 0 bridgehead atoms. The molecule has 152 valence electrons. The van der Waals surface area contributed by atoms with Crippen molar-refractivity contribution >= 4 is 22.5 Å². The van der Waals surface area contributed by atoms with E-state index in [1.807, 2.05) is 51.6 Å². The van der Waals surface area contributed by atoms with Crippen LogP contribution >= 0.6 is 11.8 Å². The summed E-state index contributed by atoms with van der Waals surface area (Å²) in [6.07, 6.45) is 3.13. The van der Waals surface area contributed by atoms with Crippen molar-refractivity contribution in [2.24, 2.45) is 0 Å². The first-order valence-electron chi connectivity index (χ1n) is 9.60. The summed E-state index contributed by atoms with van der Waals surface area (Å²) in [5.74, 6) is 1.82. The van der Waals surface area contributed by atoms with Crippen LogP contribution in [0.15, 0.2) is 47.4 Å². The van der Waals surface area contributed by atoms with Gasteiger partial charge in [-0.3, -0.25) is 0 Å². The summed E-state index contributed by atoms with van der Waals surface area (Å²) in [4.78, 5) is 1.37. The number of rotatable bonds is 3. The van der Waals surface area contributed by atoms with E-state index in [1.165, 1.54) is 37.9 Å². The van der Waals surface area contributed by atoms with Crippen LogP contribution < -0.4 is 9.47 Å². The van der Waals surface area contributed by atoms with Gasteiger partial charge in [0.15, 0.2) is 0 Å². The summed E-state index contributed by atoms with van der Waals surface area (Å²) in [6.45, 7) is 8.00. The summed E-state index contributed by atoms with van der Waals surface area (Å²) in [7, 11) is 3.43. The van der Waals surface area contributed by atoms with Gasteiger partial charge < -0.3 is 9.47 Å². The molecule has 1 aliphatic carbocycles. The number of hydrogen-bond donors (Lipinski definition) is 0. The Hall–Kier alpha value is -2.13. The van der Waals surface area contributed by atoms with Crippen molar-refractivity contribution in [3.05, 3.63) is 53.6 Å². The molecule has 0 atom stereocenters. The first-order chi connectivity index (χ1) is 13.2. The zero-order valence-electron chi connectivity index (χ0n) is 17.5. The van der Waals surface area contributed by atoms with Crippen LogP contribution in [0.1, 0.15) is 46.2 Å². The Morgan fingerprint density at radius 2 is 1.39 bits per heavy atom. The summed E-state index contributed by atoms with van der Waals surface area (Å²) in [5.41, 5.74) is 5.43. The monoisotopic (exact) mass is 398 g/mol. The molecular formula is C25H34O2S. The van der Waals surface area contributed by atoms with E-state index in [-0.39, 0.29) is 7.43 Å². The summed E-state index contributed by atoms with van der Waals surface area (Å²) in [6, 6.07) is 15.0. The summed E-state index contributed by atoms with van der Waals surface area (Å²) in [5, 5.41) is 2.54. The Kier molecular flexibility index (Phi) is 9.40. The van der Waals surface area contributed by atoms with Crippen molar-refractivity contribution in [3.8, 4) is 22.6 Å². The molecule has 0 N–H and O–H groups in total. The van der Waals surface area contributed by atoms with Crippen LogP contribution in [-0.4, -0.2) is 20.5 Å². The standard InChI is InChI=1S/C20H18O2S.2C2H6.CH4/c1-21-14-4-6-16-12(8-14)11-19-18(16)10-13-9-15(22-2)5-7-17(13)20(19)23-3;2*1-2;/h4-10H,11H2,1-3H3;2*1-2H3;1H4. The molecule has 4 rings (SSSR count). The van der Waals surface area contributed by atoms with Gasteiger partial charge in [0.1, 0.15) is 11.5 Å². The van der Waals surface area contributed by atoms with Gasteiger partial charge in [0, 0.05) is 4.90 Å². The third kappa shape index (κ3) is 4.30. The van der Waals surface area contributed by atoms with E-state index in [0.29, 0.717) is 0 Å². The Morgan fingerprint density at radius 1 is 0.786 bits per heavy atom. The zero-order chi connectivity index (χ0) is 20.0. The Labute approximate surface area is 175 Å². The largest absolute Gasteiger partial charge is 0.497 e. The summed E-state index contributed by atoms with van der Waals surface area (Å²) < 4.78 is 10.8. The lowest BCUT2D eigenvalue weighted by molar-refractivity contribution is 0.414. The second kappa shape index (κ2) is 11.0. The molecule has 0 amide bonds. The maximum Gasteiger partial charge on any atom is 0.119 e. The highest BCUT2D eigenvalue weighted by atomic mass is 32.2. The van der Waals surface area contributed by atoms with Crippen LogP contribution in [0.2, 0.25) is 0 Å². The van der Waals surface area contributed by atoms with Crippen LogP contribution in [0.4, 0.5) is 0 Å². The van der Waals surface area contributed by atoms with E-state index in [2.05, 4.69) is 36.6 Å². The van der Waals surface area contributed by atoms with Gasteiger partial charge in [0.25, 0.3) is 0 Å². The normalized spacial score (nSPS) is 10.4. The first kappa shape index (κ1) is 23.9. The van der Waals surface area contributed by atoms with Gasteiger partial charge in [0.2, 0.25) is 0 Å². The zero-order valence-corrected chi connectivity index (χ0v) is 18.3. The number of fused-ring (bicyclic) bond motifs is 4. The number of benzene rings is 3. The fraction of sp³-hybridized carbons (Fsp3) is 0.360. The molecule has 0 saturated heterocycles. The van der Waals surface area contributed by atoms with Crippen molar-refractivity contribution in [2.75, 3.05) is 20.5 Å². The molecule has 3 aromatic rings. The van der Waals surface area contributed by atoms with Crippen molar-refractivity contribution in [1.29, 1.82) is 0 Å². The Balaban J connectivity index is 0.000000739. The third-order valence-electron chi connectivity index (χ3n) is 4.58. The smallest absolute Gasteiger partial charge is 0.119 e. The van der Waals surface area contributed by atoms with Crippen molar-refractivity contribution in [2.45, 2.75) is 46.4 Å². The molecule has 0 unspecified atom stereocenters. The number of thioether (sulfide) groups is 1. The molecule has 0 aromatic heterocycles. The van der Waals surface area contributed by atoms with Crippen LogP contribution in [-0.2, 0) is 6.42 Å². The molecule has 0 aliphatic heterocycles. The average Bonchev–Trinajstić information content (AvgIpc) is 3.11. The molecular weight excluding hydrogens is 364 g/mol. The van der Waals surface area contributed by atoms with Gasteiger partial charge in [-0.15, -0.1) is 11.8 Å². The van der Waals surface area contributed by atoms with Gasteiger partial charge >= 0.3 is 0 Å². The number of hydrogen-bond acceptors (Lipinski definition) is 3. The maximum absolute atomic E-state index is 5.39. The lowest BCUT2D eigenvalue weighted by Crippen LogP contribution is -1.89. The molecule has 3 heteroatoms. The fourth-order valence-corrected chi connectivity index (χ4v) is 4.30. The minimum atomic E-state index is 0. The van der Waals surface area contributed by atoms with Crippen LogP contribution in [0.3, 0.4) is 0 Å². The SMILES string of the molecule is C.CC.CC.COc1ccc2c(c1)Cc1c-2cc2cc(OC)ccc2c1SC. The molecule has 0 spiro atoms. The molecule has 0 heterocycles. The maximum atomic E-state index is 5.39. The molecule has 28 heavy (non-hydrogen) atoms. The topological polar surface area (TPSA) is 18.5 Å². The minimum absolute atomic E-state index is 0. The van der Waals surface area contributed by atoms with E-state index in [1.54, 1.807) is 14.2 Å². The molecule has 3 aromatic carbocycles. The predicted molar refractivity (Wildman–Crippen MR) is 127 cm³/mol. The van der Waals surface area contributed by atoms with Gasteiger partial charge in [0.05, 0.1) is 14.2 Å². The lowest BCUT2D eigenvalue weighted by Gasteiger charge is -2.12. The Morgan fingerprint density at radius 3 is 2.00 bits per heavy atom. The number of methoxy groups -OCH3 is 2. The van der Waals surface area contributed by atoms with Crippen molar-refractivity contribution < 1.29 is 9.47 Å². The predicted octanol–water partition coefficient (Wildman–Crippen LogP) is 7.84. The van der Waals surface area contributed by atoms with E-state index in [9.17, 15) is 0 Å². The lowest BCUT2D eigenvalue weighted by atomic mass is 10.00. The van der Waals surface area contributed by atoms with E-state index >= 15 is 0 Å². The molecule has 0 radical (unpaired) electrons. The van der Waals surface area contributed by atoms with Gasteiger partial charge in [-0.1, -0.05) is 41.2 Å². The highest BCUT2D eigenvalue weighted by Gasteiger charge is 2.23. The highest BCUT2D eigenvalue weighted by molar-refractivity contribution is 7.98. The molecule has 0 saturated carbocycles. The second-order valence-electron chi connectivity index (χ2n) is 5.72. The van der Waals surface area contributed by atoms with Gasteiger partial charge in [-0.2, -0.15) is 0 Å². The minimum Gasteiger partial charge on any atom is -0.497 e. The van der Waals surface area contributed by atoms with Crippen LogP contribution in [0, 0.1) is 0 Å². The van der Waals surface area contributed by atoms with E-state index < -0.39 is 0 Å². The van der Waals surface area contributed by atoms with E-state index in [0.717, 1.165) is 17.9 Å². The molecule has 0 fully saturated rings. The fourth-order valence-electron chi connectivity index (χ4n) is 3.47. The average molecular weight is 399 g/mol. The third-order valence-corrected chi connectivity index (χ3v) is 5.45. The molecule has 1 aliphatic rings. The summed E-state index contributed by atoms with van der Waals surface area (Å²) >= 11 is 1.83. The van der Waals surface area contributed by atoms with Crippen LogP contribution in [0.25, 0.3) is 21.9 Å². The quantitative estimate of drug-likeness (QED) is 0.327. The first-order valence-corrected chi connectivity index (χ1v) is 10.8. The van der Waals surface area contributed by atoms with Gasteiger partial charge in [-0.05, 0) is 82.1 Å². The molecule has 2 nitrogen and oxygen atoms in total. The van der Waals surface area contributed by atoms with Gasteiger partial charge in [-0.25, -0.2) is 0 Å². The van der Waals surface area contributed by atoms with Crippen LogP contribution in [0.5, 0.6) is 11.5 Å². The highest BCUT2D eigenvalue weighted by Crippen LogP contribution is 2.45. The Bertz CT molecular complexity index is 916. The van der Waals surface area contributed by atoms with Crippen molar-refractivity contribution in [3.63, 3.8) is 0 Å².